The monoisotopic (exact) mass is 696 g/mol. The molecule has 2 aliphatic carbocycles. The van der Waals surface area contributed by atoms with Crippen molar-refractivity contribution < 1.29 is 0 Å². The molecular formula is C53H32N2. The van der Waals surface area contributed by atoms with Crippen molar-refractivity contribution in [3.05, 3.63) is 216 Å². The van der Waals surface area contributed by atoms with Crippen molar-refractivity contribution in [3.8, 4) is 56.0 Å². The highest BCUT2D eigenvalue weighted by Crippen LogP contribution is 2.64. The van der Waals surface area contributed by atoms with Gasteiger partial charge < -0.3 is 0 Å². The zero-order chi connectivity index (χ0) is 36.1. The number of benzene rings is 9. The van der Waals surface area contributed by atoms with Crippen molar-refractivity contribution >= 4 is 32.4 Å². The number of rotatable bonds is 3. The van der Waals surface area contributed by atoms with Crippen LogP contribution >= 0.6 is 0 Å². The van der Waals surface area contributed by atoms with E-state index >= 15 is 0 Å². The van der Waals surface area contributed by atoms with Gasteiger partial charge in [0.15, 0.2) is 5.82 Å². The molecule has 0 saturated carbocycles. The molecule has 55 heavy (non-hydrogen) atoms. The number of hydrogen-bond donors (Lipinski definition) is 0. The summed E-state index contributed by atoms with van der Waals surface area (Å²) in [6.45, 7) is 0. The van der Waals surface area contributed by atoms with Crippen LogP contribution in [0.2, 0.25) is 0 Å². The van der Waals surface area contributed by atoms with Crippen molar-refractivity contribution in [1.29, 1.82) is 0 Å². The van der Waals surface area contributed by atoms with Gasteiger partial charge in [0.05, 0.1) is 16.6 Å². The van der Waals surface area contributed by atoms with E-state index in [4.69, 9.17) is 9.97 Å². The van der Waals surface area contributed by atoms with E-state index in [9.17, 15) is 0 Å². The molecule has 2 heteroatoms. The second-order valence-corrected chi connectivity index (χ2v) is 14.9. The third-order valence-corrected chi connectivity index (χ3v) is 12.1. The van der Waals surface area contributed by atoms with E-state index < -0.39 is 5.41 Å². The lowest BCUT2D eigenvalue weighted by molar-refractivity contribution is 0.802. The van der Waals surface area contributed by atoms with Gasteiger partial charge in [-0.1, -0.05) is 170 Å². The van der Waals surface area contributed by atoms with Crippen LogP contribution in [0.25, 0.3) is 88.5 Å². The van der Waals surface area contributed by atoms with Crippen LogP contribution in [0, 0.1) is 0 Å². The molecule has 0 aliphatic heterocycles. The lowest BCUT2D eigenvalue weighted by Gasteiger charge is -2.31. The fraction of sp³-hybridized carbons (Fsp3) is 0.0189. The molecule has 10 aromatic rings. The van der Waals surface area contributed by atoms with Gasteiger partial charge in [0, 0.05) is 16.5 Å². The molecule has 0 atom stereocenters. The Hall–Kier alpha value is -7.16. The van der Waals surface area contributed by atoms with Crippen LogP contribution in [0.15, 0.2) is 194 Å². The Labute approximate surface area is 319 Å². The normalized spacial score (nSPS) is 13.2. The summed E-state index contributed by atoms with van der Waals surface area (Å²) in [5.74, 6) is 0.729. The summed E-state index contributed by atoms with van der Waals surface area (Å²) >= 11 is 0. The highest BCUT2D eigenvalue weighted by Gasteiger charge is 2.52. The second kappa shape index (κ2) is 11.4. The Bertz CT molecular complexity index is 3150. The Morgan fingerprint density at radius 3 is 1.75 bits per heavy atom. The maximum Gasteiger partial charge on any atom is 0.160 e. The fourth-order valence-corrected chi connectivity index (χ4v) is 9.67. The average Bonchev–Trinajstić information content (AvgIpc) is 3.72. The molecule has 1 spiro atoms. The van der Waals surface area contributed by atoms with Gasteiger partial charge in [-0.2, -0.15) is 0 Å². The van der Waals surface area contributed by atoms with Crippen LogP contribution in [0.1, 0.15) is 22.3 Å². The molecule has 2 nitrogen and oxygen atoms in total. The van der Waals surface area contributed by atoms with Gasteiger partial charge in [0.2, 0.25) is 0 Å². The Morgan fingerprint density at radius 2 is 0.964 bits per heavy atom. The van der Waals surface area contributed by atoms with Crippen molar-refractivity contribution in [1.82, 2.24) is 9.97 Å². The smallest absolute Gasteiger partial charge is 0.160 e. The Morgan fingerprint density at radius 1 is 0.327 bits per heavy atom. The van der Waals surface area contributed by atoms with Crippen LogP contribution < -0.4 is 0 Å². The van der Waals surface area contributed by atoms with Crippen LogP contribution in [0.4, 0.5) is 0 Å². The molecule has 0 fully saturated rings. The summed E-state index contributed by atoms with van der Waals surface area (Å²) in [6.07, 6.45) is 0. The number of hydrogen-bond acceptors (Lipinski definition) is 2. The SMILES string of the molecule is c1ccc(-c2nc(-c3ccc(-c4ccc5c6c(ccc5c4)-c4cc5ccccc5cc4C64c5ccccc5-c5ccccc54)cc3)nc3ccccc23)cc1. The van der Waals surface area contributed by atoms with Crippen molar-refractivity contribution in [2.45, 2.75) is 5.41 Å². The van der Waals surface area contributed by atoms with Gasteiger partial charge in [-0.25, -0.2) is 9.97 Å². The average molecular weight is 697 g/mol. The number of para-hydroxylation sites is 1. The molecule has 12 rings (SSSR count). The van der Waals surface area contributed by atoms with E-state index in [-0.39, 0.29) is 0 Å². The van der Waals surface area contributed by atoms with Crippen LogP contribution in [-0.2, 0) is 5.41 Å². The standard InChI is InChI=1S/C53H32N2/c1-2-12-34(13-3-1)51-44-18-8-11-21-49(44)54-52(55-51)35-24-22-33(23-25-35)38-26-28-40-39(30-38)27-29-43-45-31-36-14-4-5-15-37(36)32-48(45)53(50(40)43)46-19-9-6-16-41(46)42-17-7-10-20-47(42)53/h1-32H. The van der Waals surface area contributed by atoms with Crippen molar-refractivity contribution in [3.63, 3.8) is 0 Å². The van der Waals surface area contributed by atoms with Gasteiger partial charge in [-0.15, -0.1) is 0 Å². The highest BCUT2D eigenvalue weighted by atomic mass is 14.9. The second-order valence-electron chi connectivity index (χ2n) is 14.9. The molecule has 1 aromatic heterocycles. The quantitative estimate of drug-likeness (QED) is 0.184. The van der Waals surface area contributed by atoms with Crippen LogP contribution in [0.5, 0.6) is 0 Å². The molecule has 0 N–H and O–H groups in total. The first-order valence-electron chi connectivity index (χ1n) is 19.0. The van der Waals surface area contributed by atoms with Crippen LogP contribution in [-0.4, -0.2) is 9.97 Å². The Kier molecular flexibility index (Phi) is 6.29. The summed E-state index contributed by atoms with van der Waals surface area (Å²) in [5.41, 5.74) is 16.7. The molecule has 2 aliphatic rings. The first-order chi connectivity index (χ1) is 27.3. The minimum atomic E-state index is -0.414. The van der Waals surface area contributed by atoms with Crippen LogP contribution in [0.3, 0.4) is 0 Å². The lowest BCUT2D eigenvalue weighted by Crippen LogP contribution is -2.26. The topological polar surface area (TPSA) is 25.8 Å². The summed E-state index contributed by atoms with van der Waals surface area (Å²) in [7, 11) is 0. The molecule has 0 saturated heterocycles. The third-order valence-electron chi connectivity index (χ3n) is 12.1. The zero-order valence-corrected chi connectivity index (χ0v) is 29.9. The molecule has 0 radical (unpaired) electrons. The Balaban J connectivity index is 1.02. The number of fused-ring (bicyclic) bond motifs is 14. The number of aromatic nitrogens is 2. The predicted octanol–water partition coefficient (Wildman–Crippen LogP) is 13.3. The third kappa shape index (κ3) is 4.25. The minimum absolute atomic E-state index is 0.414. The van der Waals surface area contributed by atoms with Gasteiger partial charge in [-0.05, 0) is 101 Å². The van der Waals surface area contributed by atoms with Gasteiger partial charge >= 0.3 is 0 Å². The van der Waals surface area contributed by atoms with Gasteiger partial charge in [0.1, 0.15) is 0 Å². The molecular weight excluding hydrogens is 665 g/mol. The highest BCUT2D eigenvalue weighted by molar-refractivity contribution is 6.07. The summed E-state index contributed by atoms with van der Waals surface area (Å²) in [4.78, 5) is 10.1. The lowest BCUT2D eigenvalue weighted by atomic mass is 9.69. The molecule has 0 amide bonds. The maximum atomic E-state index is 5.11. The van der Waals surface area contributed by atoms with E-state index in [0.29, 0.717) is 0 Å². The summed E-state index contributed by atoms with van der Waals surface area (Å²) in [6, 6.07) is 70.9. The fourth-order valence-electron chi connectivity index (χ4n) is 9.67. The van der Waals surface area contributed by atoms with Crippen molar-refractivity contribution in [2.24, 2.45) is 0 Å². The van der Waals surface area contributed by atoms with Crippen molar-refractivity contribution in [2.75, 3.05) is 0 Å². The molecule has 1 heterocycles. The maximum absolute atomic E-state index is 5.11. The minimum Gasteiger partial charge on any atom is -0.228 e. The first kappa shape index (κ1) is 30.3. The van der Waals surface area contributed by atoms with E-state index in [0.717, 1.165) is 39.1 Å². The zero-order valence-electron chi connectivity index (χ0n) is 29.9. The molecule has 9 aromatic carbocycles. The van der Waals surface area contributed by atoms with E-state index in [1.54, 1.807) is 0 Å². The molecule has 0 unspecified atom stereocenters. The predicted molar refractivity (Wildman–Crippen MR) is 227 cm³/mol. The van der Waals surface area contributed by atoms with E-state index in [1.165, 1.54) is 71.6 Å². The summed E-state index contributed by atoms with van der Waals surface area (Å²) < 4.78 is 0. The summed E-state index contributed by atoms with van der Waals surface area (Å²) in [5, 5.41) is 6.13. The largest absolute Gasteiger partial charge is 0.228 e. The van der Waals surface area contributed by atoms with E-state index in [2.05, 4.69) is 182 Å². The van der Waals surface area contributed by atoms with Gasteiger partial charge in [-0.3, -0.25) is 0 Å². The van der Waals surface area contributed by atoms with E-state index in [1.807, 2.05) is 12.1 Å². The van der Waals surface area contributed by atoms with Gasteiger partial charge in [0.25, 0.3) is 0 Å². The molecule has 0 bridgehead atoms. The molecule has 254 valence electrons. The number of nitrogens with zero attached hydrogens (tertiary/aromatic N) is 2. The first-order valence-corrected chi connectivity index (χ1v) is 19.0.